The quantitative estimate of drug-likeness (QED) is 0.769. The molecule has 1 unspecified atom stereocenters. The van der Waals surface area contributed by atoms with Crippen molar-refractivity contribution < 1.29 is 0 Å². The molecule has 112 valence electrons. The van der Waals surface area contributed by atoms with E-state index in [-0.39, 0.29) is 6.04 Å². The fraction of sp³-hybridized carbons (Fsp3) is 0.353. The number of aryl methyl sites for hydroxylation is 1. The summed E-state index contributed by atoms with van der Waals surface area (Å²) in [5.41, 5.74) is 3.39. The average molecular weight is 368 g/mol. The van der Waals surface area contributed by atoms with Gasteiger partial charge in [0.05, 0.1) is 0 Å². The van der Waals surface area contributed by atoms with Crippen LogP contribution in [0.25, 0.3) is 0 Å². The number of benzene rings is 1. The molecular formula is C17H20BrClN2. The molecule has 0 amide bonds. The van der Waals surface area contributed by atoms with Crippen LogP contribution >= 0.6 is 27.5 Å². The molecule has 0 fully saturated rings. The highest BCUT2D eigenvalue weighted by Gasteiger charge is 2.13. The molecule has 21 heavy (non-hydrogen) atoms. The van der Waals surface area contributed by atoms with Crippen molar-refractivity contribution in [3.63, 3.8) is 0 Å². The van der Waals surface area contributed by atoms with Crippen LogP contribution in [0.15, 0.2) is 41.0 Å². The largest absolute Gasteiger partial charge is 0.310 e. The van der Waals surface area contributed by atoms with Crippen LogP contribution in [0, 0.1) is 6.92 Å². The van der Waals surface area contributed by atoms with Gasteiger partial charge in [0.25, 0.3) is 0 Å². The lowest BCUT2D eigenvalue weighted by Gasteiger charge is -2.19. The Balaban J connectivity index is 2.20. The molecule has 0 bridgehead atoms. The van der Waals surface area contributed by atoms with Gasteiger partial charge in [0, 0.05) is 33.8 Å². The van der Waals surface area contributed by atoms with Crippen molar-refractivity contribution in [1.29, 1.82) is 0 Å². The zero-order chi connectivity index (χ0) is 15.2. The number of pyridine rings is 1. The van der Waals surface area contributed by atoms with Gasteiger partial charge in [0.15, 0.2) is 0 Å². The molecule has 1 heterocycles. The fourth-order valence-corrected chi connectivity index (χ4v) is 2.61. The summed E-state index contributed by atoms with van der Waals surface area (Å²) >= 11 is 9.69. The molecule has 0 aliphatic rings. The van der Waals surface area contributed by atoms with Gasteiger partial charge >= 0.3 is 0 Å². The van der Waals surface area contributed by atoms with Crippen LogP contribution in [0.4, 0.5) is 0 Å². The smallest absolute Gasteiger partial charge is 0.0438 e. The second kappa shape index (κ2) is 7.92. The summed E-state index contributed by atoms with van der Waals surface area (Å²) in [6, 6.07) is 10.6. The molecule has 0 saturated carbocycles. The first-order chi connectivity index (χ1) is 10.1. The van der Waals surface area contributed by atoms with Gasteiger partial charge in [-0.2, -0.15) is 0 Å². The monoisotopic (exact) mass is 366 g/mol. The minimum atomic E-state index is 0.233. The summed E-state index contributed by atoms with van der Waals surface area (Å²) in [7, 11) is 0. The molecule has 4 heteroatoms. The average Bonchev–Trinajstić information content (AvgIpc) is 2.48. The lowest BCUT2D eigenvalue weighted by Crippen LogP contribution is -2.24. The third kappa shape index (κ3) is 4.80. The van der Waals surface area contributed by atoms with Crippen LogP contribution in [0.3, 0.4) is 0 Å². The third-order valence-electron chi connectivity index (χ3n) is 3.44. The third-order valence-corrected chi connectivity index (χ3v) is 4.32. The second-order valence-electron chi connectivity index (χ2n) is 5.19. The summed E-state index contributed by atoms with van der Waals surface area (Å²) in [5.74, 6) is 0. The molecular weight excluding hydrogens is 348 g/mol. The normalized spacial score (nSPS) is 12.4. The van der Waals surface area contributed by atoms with Gasteiger partial charge < -0.3 is 5.32 Å². The topological polar surface area (TPSA) is 24.9 Å². The Labute approximate surface area is 140 Å². The molecule has 1 aromatic carbocycles. The minimum Gasteiger partial charge on any atom is -0.310 e. The highest BCUT2D eigenvalue weighted by Crippen LogP contribution is 2.24. The van der Waals surface area contributed by atoms with Gasteiger partial charge in [0.1, 0.15) is 0 Å². The Morgan fingerprint density at radius 3 is 2.71 bits per heavy atom. The molecule has 1 aromatic heterocycles. The summed E-state index contributed by atoms with van der Waals surface area (Å²) in [5, 5.41) is 4.40. The van der Waals surface area contributed by atoms with E-state index in [2.05, 4.69) is 57.4 Å². The van der Waals surface area contributed by atoms with E-state index in [0.717, 1.165) is 40.1 Å². The van der Waals surface area contributed by atoms with Crippen LogP contribution in [0.5, 0.6) is 0 Å². The molecule has 2 aromatic rings. The van der Waals surface area contributed by atoms with E-state index in [0.29, 0.717) is 0 Å². The predicted molar refractivity (Wildman–Crippen MR) is 92.9 cm³/mol. The van der Waals surface area contributed by atoms with Crippen LogP contribution < -0.4 is 5.32 Å². The van der Waals surface area contributed by atoms with Gasteiger partial charge in [0.2, 0.25) is 0 Å². The number of nitrogens with one attached hydrogen (secondary N) is 1. The molecule has 1 N–H and O–H groups in total. The SMILES string of the molecule is CCCNC(Cc1ccc(Br)cn1)c1ccc(C)c(Cl)c1. The van der Waals surface area contributed by atoms with Crippen LogP contribution in [-0.4, -0.2) is 11.5 Å². The van der Waals surface area contributed by atoms with E-state index in [1.807, 2.05) is 19.2 Å². The van der Waals surface area contributed by atoms with Crippen molar-refractivity contribution in [2.45, 2.75) is 32.7 Å². The number of halogens is 2. The standard InChI is InChI=1S/C17H20BrClN2/c1-3-8-20-17(10-15-7-6-14(18)11-21-15)13-5-4-12(2)16(19)9-13/h4-7,9,11,17,20H,3,8,10H2,1-2H3. The molecule has 0 radical (unpaired) electrons. The highest BCUT2D eigenvalue weighted by molar-refractivity contribution is 9.10. The number of rotatable bonds is 6. The van der Waals surface area contributed by atoms with E-state index < -0.39 is 0 Å². The second-order valence-corrected chi connectivity index (χ2v) is 6.51. The number of hydrogen-bond donors (Lipinski definition) is 1. The van der Waals surface area contributed by atoms with E-state index in [9.17, 15) is 0 Å². The maximum Gasteiger partial charge on any atom is 0.0438 e. The summed E-state index contributed by atoms with van der Waals surface area (Å²) < 4.78 is 1.00. The van der Waals surface area contributed by atoms with Crippen molar-refractivity contribution in [2.24, 2.45) is 0 Å². The number of hydrogen-bond acceptors (Lipinski definition) is 2. The van der Waals surface area contributed by atoms with Crippen molar-refractivity contribution in [2.75, 3.05) is 6.54 Å². The van der Waals surface area contributed by atoms with Gasteiger partial charge in [-0.05, 0) is 65.1 Å². The van der Waals surface area contributed by atoms with Crippen LogP contribution in [0.1, 0.15) is 36.2 Å². The maximum absolute atomic E-state index is 6.27. The van der Waals surface area contributed by atoms with Crippen molar-refractivity contribution in [3.8, 4) is 0 Å². The van der Waals surface area contributed by atoms with Gasteiger partial charge in [-0.3, -0.25) is 4.98 Å². The van der Waals surface area contributed by atoms with Crippen molar-refractivity contribution >= 4 is 27.5 Å². The first-order valence-electron chi connectivity index (χ1n) is 7.20. The fourth-order valence-electron chi connectivity index (χ4n) is 2.19. The van der Waals surface area contributed by atoms with Crippen LogP contribution in [-0.2, 0) is 6.42 Å². The Bertz CT molecular complexity index is 584. The summed E-state index contributed by atoms with van der Waals surface area (Å²) in [6.07, 6.45) is 3.80. The number of nitrogens with zero attached hydrogens (tertiary/aromatic N) is 1. The molecule has 1 atom stereocenters. The Morgan fingerprint density at radius 1 is 1.29 bits per heavy atom. The van der Waals surface area contributed by atoms with Gasteiger partial charge in [-0.1, -0.05) is 30.7 Å². The molecule has 0 aliphatic heterocycles. The maximum atomic E-state index is 6.27. The first kappa shape index (κ1) is 16.5. The lowest BCUT2D eigenvalue weighted by atomic mass is 10.00. The molecule has 2 nitrogen and oxygen atoms in total. The Hall–Kier alpha value is -0.900. The molecule has 0 aliphatic carbocycles. The van der Waals surface area contributed by atoms with E-state index in [4.69, 9.17) is 11.6 Å². The first-order valence-corrected chi connectivity index (χ1v) is 8.37. The predicted octanol–water partition coefficient (Wildman–Crippen LogP) is 5.09. The van der Waals surface area contributed by atoms with Gasteiger partial charge in [-0.15, -0.1) is 0 Å². The molecule has 0 spiro atoms. The lowest BCUT2D eigenvalue weighted by molar-refractivity contribution is 0.524. The summed E-state index contributed by atoms with van der Waals surface area (Å²) in [4.78, 5) is 4.47. The zero-order valence-electron chi connectivity index (χ0n) is 12.4. The van der Waals surface area contributed by atoms with Crippen molar-refractivity contribution in [1.82, 2.24) is 10.3 Å². The van der Waals surface area contributed by atoms with Gasteiger partial charge in [-0.25, -0.2) is 0 Å². The number of aromatic nitrogens is 1. The Kier molecular flexibility index (Phi) is 6.22. The van der Waals surface area contributed by atoms with E-state index >= 15 is 0 Å². The minimum absolute atomic E-state index is 0.233. The van der Waals surface area contributed by atoms with Crippen LogP contribution in [0.2, 0.25) is 5.02 Å². The zero-order valence-corrected chi connectivity index (χ0v) is 14.7. The summed E-state index contributed by atoms with van der Waals surface area (Å²) in [6.45, 7) is 5.17. The highest BCUT2D eigenvalue weighted by atomic mass is 79.9. The molecule has 2 rings (SSSR count). The van der Waals surface area contributed by atoms with Crippen molar-refractivity contribution in [3.05, 3.63) is 62.8 Å². The van der Waals surface area contributed by atoms with E-state index in [1.54, 1.807) is 0 Å². The Morgan fingerprint density at radius 2 is 2.10 bits per heavy atom. The van der Waals surface area contributed by atoms with E-state index in [1.165, 1.54) is 5.56 Å². The molecule has 0 saturated heterocycles.